The highest BCUT2D eigenvalue weighted by Gasteiger charge is 2.36. The molecule has 1 aliphatic carbocycles. The maximum absolute atomic E-state index is 5.27. The molecule has 2 aromatic rings. The van der Waals surface area contributed by atoms with Crippen LogP contribution in [0.1, 0.15) is 31.2 Å². The van der Waals surface area contributed by atoms with Gasteiger partial charge in [-0.2, -0.15) is 5.10 Å². The molecule has 1 aromatic carbocycles. The van der Waals surface area contributed by atoms with Gasteiger partial charge in [0.05, 0.1) is 5.69 Å². The maximum Gasteiger partial charge on any atom is 0.191 e. The van der Waals surface area contributed by atoms with Crippen LogP contribution in [0.4, 0.5) is 0 Å². The summed E-state index contributed by atoms with van der Waals surface area (Å²) in [6.07, 6.45) is 9.70. The van der Waals surface area contributed by atoms with Gasteiger partial charge in [-0.25, -0.2) is 4.68 Å². The average Bonchev–Trinajstić information content (AvgIpc) is 3.20. The predicted octanol–water partition coefficient (Wildman–Crippen LogP) is 3.40. The molecular formula is C21H32IN5O. The van der Waals surface area contributed by atoms with E-state index in [2.05, 4.69) is 45.0 Å². The molecule has 0 atom stereocenters. The summed E-state index contributed by atoms with van der Waals surface area (Å²) in [6.45, 7) is 2.66. The molecule has 0 unspecified atom stereocenters. The van der Waals surface area contributed by atoms with Crippen molar-refractivity contribution in [1.82, 2.24) is 20.4 Å². The van der Waals surface area contributed by atoms with E-state index in [-0.39, 0.29) is 24.0 Å². The number of rotatable bonds is 9. The summed E-state index contributed by atoms with van der Waals surface area (Å²) in [5.41, 5.74) is 2.76. The number of halogens is 1. The van der Waals surface area contributed by atoms with E-state index in [9.17, 15) is 0 Å². The lowest BCUT2D eigenvalue weighted by Gasteiger charge is -2.42. The SMILES string of the molecule is CN=C(NCCc1ccc(-n2cccn2)cc1)NCC1(CCOC)CCC1.I. The summed E-state index contributed by atoms with van der Waals surface area (Å²) in [6, 6.07) is 10.4. The van der Waals surface area contributed by atoms with Crippen molar-refractivity contribution < 1.29 is 4.74 Å². The molecule has 6 nitrogen and oxygen atoms in total. The lowest BCUT2D eigenvalue weighted by Crippen LogP contribution is -2.47. The number of guanidine groups is 1. The van der Waals surface area contributed by atoms with Crippen molar-refractivity contribution in [3.63, 3.8) is 0 Å². The van der Waals surface area contributed by atoms with Crippen LogP contribution in [0, 0.1) is 5.41 Å². The Bertz CT molecular complexity index is 711. The van der Waals surface area contributed by atoms with E-state index >= 15 is 0 Å². The first kappa shape index (κ1) is 22.7. The first-order valence-electron chi connectivity index (χ1n) is 9.77. The molecule has 154 valence electrons. The largest absolute Gasteiger partial charge is 0.385 e. The molecule has 0 radical (unpaired) electrons. The predicted molar refractivity (Wildman–Crippen MR) is 125 cm³/mol. The average molecular weight is 497 g/mol. The third-order valence-corrected chi connectivity index (χ3v) is 5.52. The summed E-state index contributed by atoms with van der Waals surface area (Å²) in [5, 5.41) is 11.2. The lowest BCUT2D eigenvalue weighted by molar-refractivity contribution is 0.0732. The first-order chi connectivity index (χ1) is 13.2. The fraction of sp³-hybridized carbons (Fsp3) is 0.524. The summed E-state index contributed by atoms with van der Waals surface area (Å²) in [4.78, 5) is 4.36. The van der Waals surface area contributed by atoms with Gasteiger partial charge in [-0.1, -0.05) is 18.6 Å². The van der Waals surface area contributed by atoms with Gasteiger partial charge in [0.15, 0.2) is 5.96 Å². The molecule has 7 heteroatoms. The minimum atomic E-state index is 0. The molecule has 0 spiro atoms. The molecule has 3 rings (SSSR count). The number of nitrogens with one attached hydrogen (secondary N) is 2. The summed E-state index contributed by atoms with van der Waals surface area (Å²) < 4.78 is 7.14. The van der Waals surface area contributed by atoms with Crippen LogP contribution in [0.2, 0.25) is 0 Å². The van der Waals surface area contributed by atoms with E-state index < -0.39 is 0 Å². The molecule has 0 bridgehead atoms. The van der Waals surface area contributed by atoms with Crippen molar-refractivity contribution in [3.05, 3.63) is 48.3 Å². The second-order valence-electron chi connectivity index (χ2n) is 7.32. The zero-order chi connectivity index (χ0) is 19.0. The maximum atomic E-state index is 5.27. The van der Waals surface area contributed by atoms with Gasteiger partial charge in [-0.3, -0.25) is 4.99 Å². The van der Waals surface area contributed by atoms with E-state index in [0.29, 0.717) is 5.41 Å². The van der Waals surface area contributed by atoms with Crippen LogP contribution < -0.4 is 10.6 Å². The molecule has 0 amide bonds. The van der Waals surface area contributed by atoms with Gasteiger partial charge in [0.1, 0.15) is 0 Å². The van der Waals surface area contributed by atoms with Crippen molar-refractivity contribution >= 4 is 29.9 Å². The van der Waals surface area contributed by atoms with Gasteiger partial charge >= 0.3 is 0 Å². The highest BCUT2D eigenvalue weighted by atomic mass is 127. The lowest BCUT2D eigenvalue weighted by atomic mass is 9.67. The number of aliphatic imine (C=N–C) groups is 1. The second kappa shape index (κ2) is 11.4. The highest BCUT2D eigenvalue weighted by Crippen LogP contribution is 2.43. The smallest absolute Gasteiger partial charge is 0.191 e. The molecular weight excluding hydrogens is 465 g/mol. The van der Waals surface area contributed by atoms with Gasteiger partial charge in [-0.15, -0.1) is 24.0 Å². The molecule has 0 saturated heterocycles. The van der Waals surface area contributed by atoms with Crippen molar-refractivity contribution in [2.45, 2.75) is 32.1 Å². The Kier molecular flexibility index (Phi) is 9.24. The first-order valence-corrected chi connectivity index (χ1v) is 9.77. The van der Waals surface area contributed by atoms with Crippen LogP contribution in [0.5, 0.6) is 0 Å². The summed E-state index contributed by atoms with van der Waals surface area (Å²) in [5.74, 6) is 0.881. The van der Waals surface area contributed by atoms with Crippen LogP contribution >= 0.6 is 24.0 Å². The van der Waals surface area contributed by atoms with Gasteiger partial charge in [0.25, 0.3) is 0 Å². The quantitative estimate of drug-likeness (QED) is 0.317. The van der Waals surface area contributed by atoms with Crippen LogP contribution in [-0.2, 0) is 11.2 Å². The number of hydrogen-bond donors (Lipinski definition) is 2. The molecule has 1 fully saturated rings. The highest BCUT2D eigenvalue weighted by molar-refractivity contribution is 14.0. The molecule has 1 saturated carbocycles. The number of aromatic nitrogens is 2. The second-order valence-corrected chi connectivity index (χ2v) is 7.32. The van der Waals surface area contributed by atoms with Crippen molar-refractivity contribution in [3.8, 4) is 5.69 Å². The molecule has 2 N–H and O–H groups in total. The monoisotopic (exact) mass is 497 g/mol. The van der Waals surface area contributed by atoms with Crippen molar-refractivity contribution in [2.24, 2.45) is 10.4 Å². The van der Waals surface area contributed by atoms with Crippen LogP contribution in [0.3, 0.4) is 0 Å². The topological polar surface area (TPSA) is 63.5 Å². The van der Waals surface area contributed by atoms with Crippen molar-refractivity contribution in [1.29, 1.82) is 0 Å². The van der Waals surface area contributed by atoms with Gasteiger partial charge < -0.3 is 15.4 Å². The van der Waals surface area contributed by atoms with Crippen LogP contribution in [0.15, 0.2) is 47.7 Å². The fourth-order valence-corrected chi connectivity index (χ4v) is 3.56. The van der Waals surface area contributed by atoms with Gasteiger partial charge in [-0.05, 0) is 54.9 Å². The Balaban J connectivity index is 0.00000280. The Morgan fingerprint density at radius 2 is 2.04 bits per heavy atom. The minimum absolute atomic E-state index is 0. The van der Waals surface area contributed by atoms with E-state index in [1.54, 1.807) is 13.3 Å². The minimum Gasteiger partial charge on any atom is -0.385 e. The Labute approximate surface area is 185 Å². The Morgan fingerprint density at radius 3 is 2.61 bits per heavy atom. The van der Waals surface area contributed by atoms with Gasteiger partial charge in [0.2, 0.25) is 0 Å². The standard InChI is InChI=1S/C21H31N5O.HI/c1-22-20(24-17-21(10-3-11-21)12-16-27-2)23-14-9-18-5-7-19(8-6-18)26-15-4-13-25-26;/h4-8,13,15H,3,9-12,14,16-17H2,1-2H3,(H2,22,23,24);1H. The van der Waals surface area contributed by atoms with Gasteiger partial charge in [0, 0.05) is 46.2 Å². The summed E-state index contributed by atoms with van der Waals surface area (Å²) in [7, 11) is 3.61. The fourth-order valence-electron chi connectivity index (χ4n) is 3.56. The number of benzene rings is 1. The van der Waals surface area contributed by atoms with Crippen LogP contribution in [-0.4, -0.2) is 49.6 Å². The number of ether oxygens (including phenoxy) is 1. The van der Waals surface area contributed by atoms with Crippen molar-refractivity contribution in [2.75, 3.05) is 33.9 Å². The third kappa shape index (κ3) is 6.20. The molecule has 0 aliphatic heterocycles. The third-order valence-electron chi connectivity index (χ3n) is 5.52. The zero-order valence-electron chi connectivity index (χ0n) is 16.9. The molecule has 28 heavy (non-hydrogen) atoms. The number of methoxy groups -OCH3 is 1. The number of nitrogens with zero attached hydrogens (tertiary/aromatic N) is 3. The number of hydrogen-bond acceptors (Lipinski definition) is 3. The van der Waals surface area contributed by atoms with E-state index in [0.717, 1.165) is 44.2 Å². The zero-order valence-corrected chi connectivity index (χ0v) is 19.2. The van der Waals surface area contributed by atoms with E-state index in [1.165, 1.54) is 24.8 Å². The molecule has 1 heterocycles. The molecule has 1 aliphatic rings. The Hall–Kier alpha value is -1.61. The summed E-state index contributed by atoms with van der Waals surface area (Å²) >= 11 is 0. The molecule has 1 aromatic heterocycles. The van der Waals surface area contributed by atoms with Crippen LogP contribution in [0.25, 0.3) is 5.69 Å². The Morgan fingerprint density at radius 1 is 1.25 bits per heavy atom. The van der Waals surface area contributed by atoms with E-state index in [4.69, 9.17) is 4.74 Å². The van der Waals surface area contributed by atoms with E-state index in [1.807, 2.05) is 24.0 Å². The normalized spacial score (nSPS) is 15.4.